The monoisotopic (exact) mass is 459 g/mol. The van der Waals surface area contributed by atoms with Crippen molar-refractivity contribution in [3.05, 3.63) is 57.6 Å². The minimum Gasteiger partial charge on any atom is -0.375 e. The average Bonchev–Trinajstić information content (AvgIpc) is 3.16. The molecule has 32 heavy (non-hydrogen) atoms. The van der Waals surface area contributed by atoms with Crippen molar-refractivity contribution in [3.63, 3.8) is 0 Å². The lowest BCUT2D eigenvalue weighted by Crippen LogP contribution is -2.47. The Labute approximate surface area is 186 Å². The van der Waals surface area contributed by atoms with Gasteiger partial charge < -0.3 is 16.0 Å². The molecule has 1 amide bonds. The molecule has 2 aromatic rings. The summed E-state index contributed by atoms with van der Waals surface area (Å²) in [5.74, 6) is -0.881. The molecule has 2 heterocycles. The van der Waals surface area contributed by atoms with Gasteiger partial charge in [0.15, 0.2) is 0 Å². The number of hydrogen-bond donors (Lipinski definition) is 2. The zero-order valence-corrected chi connectivity index (χ0v) is 18.5. The molecule has 170 valence electrons. The number of rotatable bonds is 6. The van der Waals surface area contributed by atoms with Crippen molar-refractivity contribution in [2.75, 3.05) is 45.1 Å². The molecule has 1 atom stereocenters. The van der Waals surface area contributed by atoms with Crippen LogP contribution in [0.4, 0.5) is 11.4 Å². The molecule has 3 N–H and O–H groups in total. The number of nitro benzene ring substituents is 1. The Kier molecular flexibility index (Phi) is 5.89. The van der Waals surface area contributed by atoms with E-state index in [0.717, 1.165) is 32.2 Å². The lowest BCUT2D eigenvalue weighted by atomic mass is 10.1. The number of carbonyl (C=O) groups excluding carboxylic acids is 1. The first-order chi connectivity index (χ1) is 15.2. The van der Waals surface area contributed by atoms with E-state index in [2.05, 4.69) is 22.2 Å². The maximum absolute atomic E-state index is 13.3. The number of nitrogens with one attached hydrogen (secondary N) is 1. The Hall–Kier alpha value is -3.02. The number of nitrogens with zero attached hydrogens (tertiary/aromatic N) is 3. The SMILES string of the molecule is CN1CCN(C[C@H]2Cc3cc(S(=O)(=O)c4ccccc4C(N)=O)cc([N+](=O)[O-])c3N2)CC1. The summed E-state index contributed by atoms with van der Waals surface area (Å²) in [7, 11) is -2.12. The first kappa shape index (κ1) is 22.2. The molecule has 11 heteroatoms. The number of benzene rings is 2. The van der Waals surface area contributed by atoms with Gasteiger partial charge in [-0.3, -0.25) is 19.8 Å². The summed E-state index contributed by atoms with van der Waals surface area (Å²) in [6.07, 6.45) is 0.476. The summed E-state index contributed by atoms with van der Waals surface area (Å²) < 4.78 is 26.6. The quantitative estimate of drug-likeness (QED) is 0.484. The summed E-state index contributed by atoms with van der Waals surface area (Å²) in [5, 5.41) is 15.0. The van der Waals surface area contributed by atoms with Crippen LogP contribution in [0, 0.1) is 10.1 Å². The van der Waals surface area contributed by atoms with E-state index in [1.807, 2.05) is 0 Å². The van der Waals surface area contributed by atoms with Gasteiger partial charge in [0, 0.05) is 44.8 Å². The van der Waals surface area contributed by atoms with Crippen molar-refractivity contribution in [3.8, 4) is 0 Å². The highest BCUT2D eigenvalue weighted by Gasteiger charge is 2.34. The van der Waals surface area contributed by atoms with Crippen LogP contribution < -0.4 is 11.1 Å². The van der Waals surface area contributed by atoms with Crippen LogP contribution in [-0.2, 0) is 16.3 Å². The van der Waals surface area contributed by atoms with Gasteiger partial charge >= 0.3 is 0 Å². The van der Waals surface area contributed by atoms with Gasteiger partial charge in [-0.2, -0.15) is 0 Å². The van der Waals surface area contributed by atoms with E-state index in [9.17, 15) is 23.3 Å². The predicted molar refractivity (Wildman–Crippen MR) is 119 cm³/mol. The van der Waals surface area contributed by atoms with Gasteiger partial charge in [-0.05, 0) is 37.2 Å². The minimum atomic E-state index is -4.19. The largest absolute Gasteiger partial charge is 0.375 e. The molecule has 10 nitrogen and oxygen atoms in total. The fraction of sp³-hybridized carbons (Fsp3) is 0.381. The van der Waals surface area contributed by atoms with E-state index in [0.29, 0.717) is 24.2 Å². The smallest absolute Gasteiger partial charge is 0.293 e. The van der Waals surface area contributed by atoms with Crippen LogP contribution in [0.15, 0.2) is 46.2 Å². The van der Waals surface area contributed by atoms with Crippen LogP contribution in [0.25, 0.3) is 0 Å². The third-order valence-corrected chi connectivity index (χ3v) is 7.80. The number of sulfone groups is 1. The van der Waals surface area contributed by atoms with Crippen molar-refractivity contribution < 1.29 is 18.1 Å². The summed E-state index contributed by atoms with van der Waals surface area (Å²) in [4.78, 5) is 27.0. The van der Waals surface area contributed by atoms with Gasteiger partial charge in [0.25, 0.3) is 5.69 Å². The zero-order valence-electron chi connectivity index (χ0n) is 17.7. The molecule has 4 rings (SSSR count). The lowest BCUT2D eigenvalue weighted by molar-refractivity contribution is -0.384. The molecule has 0 radical (unpaired) electrons. The number of nitro groups is 1. The third kappa shape index (κ3) is 4.18. The molecule has 0 saturated carbocycles. The molecule has 2 aliphatic rings. The number of piperazine rings is 1. The Morgan fingerprint density at radius 2 is 1.91 bits per heavy atom. The Morgan fingerprint density at radius 3 is 2.56 bits per heavy atom. The van der Waals surface area contributed by atoms with Crippen LogP contribution in [-0.4, -0.2) is 74.9 Å². The van der Waals surface area contributed by atoms with Crippen molar-refractivity contribution >= 4 is 27.1 Å². The van der Waals surface area contributed by atoms with Gasteiger partial charge in [-0.15, -0.1) is 0 Å². The van der Waals surface area contributed by atoms with E-state index in [1.54, 1.807) is 0 Å². The van der Waals surface area contributed by atoms with Crippen LogP contribution >= 0.6 is 0 Å². The number of anilines is 1. The van der Waals surface area contributed by atoms with Crippen LogP contribution in [0.2, 0.25) is 0 Å². The molecular formula is C21H25N5O5S. The number of primary amides is 1. The zero-order chi connectivity index (χ0) is 23.0. The molecule has 2 aromatic carbocycles. The molecule has 0 unspecified atom stereocenters. The fourth-order valence-corrected chi connectivity index (χ4v) is 5.82. The fourth-order valence-electron chi connectivity index (χ4n) is 4.29. The molecule has 0 aliphatic carbocycles. The topological polar surface area (TPSA) is 139 Å². The first-order valence-electron chi connectivity index (χ1n) is 10.3. The molecule has 0 aromatic heterocycles. The van der Waals surface area contributed by atoms with Crippen LogP contribution in [0.1, 0.15) is 15.9 Å². The second-order valence-corrected chi connectivity index (χ2v) is 10.2. The van der Waals surface area contributed by atoms with Gasteiger partial charge in [-0.1, -0.05) is 12.1 Å². The van der Waals surface area contributed by atoms with E-state index in [4.69, 9.17) is 5.73 Å². The normalized spacial score (nSPS) is 19.3. The highest BCUT2D eigenvalue weighted by atomic mass is 32.2. The summed E-state index contributed by atoms with van der Waals surface area (Å²) >= 11 is 0. The average molecular weight is 460 g/mol. The minimum absolute atomic E-state index is 0.0528. The van der Waals surface area contributed by atoms with Crippen molar-refractivity contribution in [1.29, 1.82) is 0 Å². The molecular weight excluding hydrogens is 434 g/mol. The number of likely N-dealkylation sites (N-methyl/N-ethyl adjacent to an activating group) is 1. The van der Waals surface area contributed by atoms with Crippen LogP contribution in [0.5, 0.6) is 0 Å². The maximum atomic E-state index is 13.3. The number of hydrogen-bond acceptors (Lipinski definition) is 8. The summed E-state index contributed by atoms with van der Waals surface area (Å²) in [6, 6.07) is 8.06. The Balaban J connectivity index is 1.67. The Morgan fingerprint density at radius 1 is 1.22 bits per heavy atom. The summed E-state index contributed by atoms with van der Waals surface area (Å²) in [6.45, 7) is 4.46. The van der Waals surface area contributed by atoms with Gasteiger partial charge in [-0.25, -0.2) is 8.42 Å². The third-order valence-electron chi connectivity index (χ3n) is 6.01. The van der Waals surface area contributed by atoms with Crippen molar-refractivity contribution in [2.24, 2.45) is 5.73 Å². The van der Waals surface area contributed by atoms with Gasteiger partial charge in [0.1, 0.15) is 5.69 Å². The van der Waals surface area contributed by atoms with Crippen molar-refractivity contribution in [2.45, 2.75) is 22.3 Å². The van der Waals surface area contributed by atoms with Crippen LogP contribution in [0.3, 0.4) is 0 Å². The molecule has 1 saturated heterocycles. The molecule has 0 bridgehead atoms. The highest BCUT2D eigenvalue weighted by molar-refractivity contribution is 7.91. The molecule has 0 spiro atoms. The lowest BCUT2D eigenvalue weighted by Gasteiger charge is -2.33. The molecule has 1 fully saturated rings. The van der Waals surface area contributed by atoms with Gasteiger partial charge in [0.05, 0.1) is 20.3 Å². The standard InChI is InChI=1S/C21H25N5O5S/c1-24-6-8-25(9-7-24)13-15-10-14-11-16(12-18(26(28)29)20(14)23-15)32(30,31)19-5-3-2-4-17(19)21(22)27/h2-5,11-12,15,23H,6-10,13H2,1H3,(H2,22,27)/t15-/m1/s1. The molecule has 2 aliphatic heterocycles. The summed E-state index contributed by atoms with van der Waals surface area (Å²) in [5.41, 5.74) is 5.83. The highest BCUT2D eigenvalue weighted by Crippen LogP contribution is 2.39. The number of carbonyl (C=O) groups is 1. The van der Waals surface area contributed by atoms with E-state index in [-0.39, 0.29) is 27.1 Å². The number of nitrogens with two attached hydrogens (primary N) is 1. The van der Waals surface area contributed by atoms with E-state index >= 15 is 0 Å². The van der Waals surface area contributed by atoms with E-state index in [1.165, 1.54) is 30.3 Å². The maximum Gasteiger partial charge on any atom is 0.293 e. The number of fused-ring (bicyclic) bond motifs is 1. The first-order valence-corrected chi connectivity index (χ1v) is 11.8. The Bertz CT molecular complexity index is 1180. The van der Waals surface area contributed by atoms with E-state index < -0.39 is 20.7 Å². The number of amides is 1. The van der Waals surface area contributed by atoms with Crippen molar-refractivity contribution in [1.82, 2.24) is 9.80 Å². The second-order valence-electron chi connectivity index (χ2n) is 8.25. The predicted octanol–water partition coefficient (Wildman–Crippen LogP) is 1.11. The van der Waals surface area contributed by atoms with Gasteiger partial charge in [0.2, 0.25) is 15.7 Å². The second kappa shape index (κ2) is 8.49.